The van der Waals surface area contributed by atoms with Crippen LogP contribution in [0.1, 0.15) is 40.5 Å². The Balaban J connectivity index is -0.000000245. The fourth-order valence-corrected chi connectivity index (χ4v) is 0.577. The summed E-state index contributed by atoms with van der Waals surface area (Å²) in [4.78, 5) is 0. The Morgan fingerprint density at radius 3 is 1.70 bits per heavy atom. The minimum absolute atomic E-state index is 0. The van der Waals surface area contributed by atoms with Crippen LogP contribution in [0.3, 0.4) is 0 Å². The van der Waals surface area contributed by atoms with Crippen LogP contribution in [0.5, 0.6) is 0 Å². The standard InChI is InChI=1S/C8H17.ClH.Mg/c1-7(2)5-6-8(3)4;;/h7H,5-6H2,1-4H3;1H;/q-1;;+2/p-1. The van der Waals surface area contributed by atoms with Gasteiger partial charge in [-0.25, -0.2) is 0 Å². The summed E-state index contributed by atoms with van der Waals surface area (Å²) in [6, 6.07) is 0. The van der Waals surface area contributed by atoms with Gasteiger partial charge in [0.15, 0.2) is 0 Å². The topological polar surface area (TPSA) is 0 Å². The molecule has 0 saturated heterocycles. The molecule has 0 aromatic carbocycles. The van der Waals surface area contributed by atoms with Crippen LogP contribution >= 0.6 is 0 Å². The monoisotopic (exact) mass is 172 g/mol. The molecule has 0 aromatic heterocycles. The van der Waals surface area contributed by atoms with Crippen molar-refractivity contribution in [3.8, 4) is 0 Å². The first-order chi connectivity index (χ1) is 3.63. The number of halogens is 1. The molecule has 0 aliphatic carbocycles. The first-order valence-electron chi connectivity index (χ1n) is 3.42. The van der Waals surface area contributed by atoms with Gasteiger partial charge in [0, 0.05) is 0 Å². The maximum absolute atomic E-state index is 2.27. The molecule has 0 spiro atoms. The van der Waals surface area contributed by atoms with Crippen LogP contribution in [-0.2, 0) is 0 Å². The van der Waals surface area contributed by atoms with E-state index in [0.717, 1.165) is 5.92 Å². The molecule has 0 heterocycles. The van der Waals surface area contributed by atoms with Gasteiger partial charge in [0.2, 0.25) is 0 Å². The van der Waals surface area contributed by atoms with Crippen molar-refractivity contribution in [2.75, 3.05) is 0 Å². The molecule has 58 valence electrons. The zero-order valence-corrected chi connectivity index (χ0v) is 9.75. The molecule has 0 amide bonds. The van der Waals surface area contributed by atoms with Crippen molar-refractivity contribution in [1.82, 2.24) is 0 Å². The summed E-state index contributed by atoms with van der Waals surface area (Å²) >= 11 is 0. The van der Waals surface area contributed by atoms with Crippen LogP contribution in [-0.4, -0.2) is 23.1 Å². The molecule has 0 radical (unpaired) electrons. The Kier molecular flexibility index (Phi) is 17.3. The summed E-state index contributed by atoms with van der Waals surface area (Å²) in [5.41, 5.74) is 0. The van der Waals surface area contributed by atoms with Crippen LogP contribution in [0.2, 0.25) is 0 Å². The average Bonchev–Trinajstić information content (AvgIpc) is 1.61. The Hall–Kier alpha value is 1.06. The van der Waals surface area contributed by atoms with E-state index in [0.29, 0.717) is 0 Å². The number of rotatable bonds is 3. The van der Waals surface area contributed by atoms with Gasteiger partial charge in [0.05, 0.1) is 0 Å². The van der Waals surface area contributed by atoms with Gasteiger partial charge in [-0.05, 0) is 5.92 Å². The van der Waals surface area contributed by atoms with Crippen molar-refractivity contribution < 1.29 is 12.4 Å². The van der Waals surface area contributed by atoms with E-state index in [1.54, 1.807) is 5.92 Å². The Bertz CT molecular complexity index is 45.2. The van der Waals surface area contributed by atoms with E-state index in [1.807, 2.05) is 0 Å². The second kappa shape index (κ2) is 10.1. The minimum Gasteiger partial charge on any atom is -1.00 e. The third-order valence-corrected chi connectivity index (χ3v) is 1.22. The van der Waals surface area contributed by atoms with Crippen LogP contribution < -0.4 is 12.4 Å². The molecule has 0 aliphatic heterocycles. The third-order valence-electron chi connectivity index (χ3n) is 1.22. The molecule has 0 N–H and O–H groups in total. The summed E-state index contributed by atoms with van der Waals surface area (Å²) in [7, 11) is 0. The molecular weight excluding hydrogens is 156 g/mol. The van der Waals surface area contributed by atoms with Crippen molar-refractivity contribution in [2.24, 2.45) is 5.92 Å². The summed E-state index contributed by atoms with van der Waals surface area (Å²) < 4.78 is 0. The van der Waals surface area contributed by atoms with Crippen molar-refractivity contribution in [3.05, 3.63) is 5.92 Å². The molecule has 0 nitrogen and oxygen atoms in total. The summed E-state index contributed by atoms with van der Waals surface area (Å²) in [6.07, 6.45) is 2.65. The van der Waals surface area contributed by atoms with Gasteiger partial charge < -0.3 is 18.3 Å². The van der Waals surface area contributed by atoms with Gasteiger partial charge in [-0.15, -0.1) is 0 Å². The molecule has 2 heteroatoms. The van der Waals surface area contributed by atoms with Crippen LogP contribution in [0, 0.1) is 11.8 Å². The molecule has 0 aliphatic rings. The SMILES string of the molecule is C[C-](C)CCC(C)C.[Cl-].[Mg+2]. The zero-order chi connectivity index (χ0) is 6.57. The van der Waals surface area contributed by atoms with Crippen molar-refractivity contribution in [2.45, 2.75) is 40.5 Å². The molecule has 0 unspecified atom stereocenters. The van der Waals surface area contributed by atoms with Gasteiger partial charge in [0.25, 0.3) is 0 Å². The average molecular weight is 173 g/mol. The second-order valence-corrected chi connectivity index (χ2v) is 3.14. The van der Waals surface area contributed by atoms with Crippen molar-refractivity contribution in [3.63, 3.8) is 0 Å². The molecular formula is C8H17ClMg. The fraction of sp³-hybridized carbons (Fsp3) is 0.875. The van der Waals surface area contributed by atoms with Crippen molar-refractivity contribution in [1.29, 1.82) is 0 Å². The van der Waals surface area contributed by atoms with Gasteiger partial charge in [0.1, 0.15) is 0 Å². The molecule has 10 heavy (non-hydrogen) atoms. The van der Waals surface area contributed by atoms with E-state index < -0.39 is 0 Å². The van der Waals surface area contributed by atoms with Crippen molar-refractivity contribution >= 4 is 23.1 Å². The molecule has 0 saturated carbocycles. The molecule has 0 rings (SSSR count). The molecule has 0 aromatic rings. The maximum atomic E-state index is 2.27. The van der Waals surface area contributed by atoms with Crippen LogP contribution in [0.4, 0.5) is 0 Å². The van der Waals surface area contributed by atoms with E-state index in [2.05, 4.69) is 27.7 Å². The first-order valence-corrected chi connectivity index (χ1v) is 3.42. The Labute approximate surface area is 87.7 Å². The van der Waals surface area contributed by atoms with E-state index in [1.165, 1.54) is 12.8 Å². The second-order valence-electron chi connectivity index (χ2n) is 3.14. The minimum atomic E-state index is 0. The van der Waals surface area contributed by atoms with E-state index >= 15 is 0 Å². The van der Waals surface area contributed by atoms with Crippen LogP contribution in [0.25, 0.3) is 0 Å². The molecule has 0 atom stereocenters. The third kappa shape index (κ3) is 16.0. The quantitative estimate of drug-likeness (QED) is 0.404. The van der Waals surface area contributed by atoms with Gasteiger partial charge in [-0.3, -0.25) is 0 Å². The summed E-state index contributed by atoms with van der Waals surface area (Å²) in [6.45, 7) is 8.93. The van der Waals surface area contributed by atoms with E-state index in [4.69, 9.17) is 0 Å². The molecule has 0 fully saturated rings. The van der Waals surface area contributed by atoms with Crippen LogP contribution in [0.15, 0.2) is 0 Å². The zero-order valence-electron chi connectivity index (χ0n) is 7.58. The maximum Gasteiger partial charge on any atom is 2.00 e. The molecule has 0 bridgehead atoms. The van der Waals surface area contributed by atoms with Gasteiger partial charge in [-0.1, -0.05) is 20.3 Å². The summed E-state index contributed by atoms with van der Waals surface area (Å²) in [5, 5.41) is 0. The van der Waals surface area contributed by atoms with Gasteiger partial charge in [-0.2, -0.15) is 20.3 Å². The Morgan fingerprint density at radius 1 is 1.20 bits per heavy atom. The predicted octanol–water partition coefficient (Wildman–Crippen LogP) is -0.340. The normalized spacial score (nSPS) is 9.00. The van der Waals surface area contributed by atoms with E-state index in [-0.39, 0.29) is 35.5 Å². The smallest absolute Gasteiger partial charge is 1.00 e. The number of hydrogen-bond acceptors (Lipinski definition) is 0. The fourth-order valence-electron chi connectivity index (χ4n) is 0.577. The van der Waals surface area contributed by atoms with E-state index in [9.17, 15) is 0 Å². The number of hydrogen-bond donors (Lipinski definition) is 0. The predicted molar refractivity (Wildman–Crippen MR) is 44.4 cm³/mol. The van der Waals surface area contributed by atoms with Gasteiger partial charge >= 0.3 is 23.1 Å². The summed E-state index contributed by atoms with van der Waals surface area (Å²) in [5.74, 6) is 2.42. The largest absolute Gasteiger partial charge is 2.00 e. The Morgan fingerprint density at radius 2 is 1.60 bits per heavy atom. The first kappa shape index (κ1) is 17.2.